The van der Waals surface area contributed by atoms with Gasteiger partial charge in [0.25, 0.3) is 0 Å². The van der Waals surface area contributed by atoms with Crippen molar-refractivity contribution in [3.8, 4) is 5.75 Å². The van der Waals surface area contributed by atoms with Crippen LogP contribution in [0.3, 0.4) is 0 Å². The number of β-amino-alcohol motifs (C(OH)–C–C–N with tert-alkyl or cyclic N) is 1. The lowest BCUT2D eigenvalue weighted by Gasteiger charge is -2.23. The fourth-order valence-electron chi connectivity index (χ4n) is 3.43. The third-order valence-electron chi connectivity index (χ3n) is 4.61. The third kappa shape index (κ3) is 5.47. The van der Waals surface area contributed by atoms with Crippen molar-refractivity contribution in [1.29, 1.82) is 0 Å². The number of aliphatic hydroxyl groups excluding tert-OH is 1. The summed E-state index contributed by atoms with van der Waals surface area (Å²) < 4.78 is 11.8. The molecule has 1 fully saturated rings. The molecule has 1 saturated heterocycles. The molecule has 0 spiro atoms. The maximum Gasteiger partial charge on any atom is 0.122 e. The lowest BCUT2D eigenvalue weighted by atomic mass is 9.98. The number of hydrogen-bond acceptors (Lipinski definition) is 4. The fourth-order valence-corrected chi connectivity index (χ4v) is 3.43. The van der Waals surface area contributed by atoms with E-state index in [-0.39, 0.29) is 6.10 Å². The fraction of sp³-hybridized carbons (Fsp3) is 0.700. The number of hydrogen-bond donors (Lipinski definition) is 1. The Balaban J connectivity index is 1.95. The van der Waals surface area contributed by atoms with E-state index in [0.29, 0.717) is 19.8 Å². The Hall–Kier alpha value is -1.10. The van der Waals surface area contributed by atoms with Crippen LogP contribution in [-0.4, -0.2) is 49.0 Å². The van der Waals surface area contributed by atoms with Crippen molar-refractivity contribution in [3.63, 3.8) is 0 Å². The van der Waals surface area contributed by atoms with Gasteiger partial charge in [-0.15, -0.1) is 0 Å². The molecular formula is C20H33NO3. The molecule has 0 bridgehead atoms. The molecule has 1 aliphatic rings. The molecule has 1 heterocycles. The second-order valence-corrected chi connectivity index (χ2v) is 6.64. The van der Waals surface area contributed by atoms with Gasteiger partial charge in [0.15, 0.2) is 0 Å². The largest absolute Gasteiger partial charge is 0.494 e. The summed E-state index contributed by atoms with van der Waals surface area (Å²) in [5.74, 6) is 0.963. The van der Waals surface area contributed by atoms with Gasteiger partial charge in [-0.3, -0.25) is 0 Å². The minimum Gasteiger partial charge on any atom is -0.494 e. The molecule has 0 aliphatic carbocycles. The maximum absolute atomic E-state index is 10.2. The van der Waals surface area contributed by atoms with Crippen LogP contribution < -0.4 is 4.74 Å². The van der Waals surface area contributed by atoms with Gasteiger partial charge in [0.05, 0.1) is 25.4 Å². The van der Waals surface area contributed by atoms with Gasteiger partial charge in [-0.25, -0.2) is 0 Å². The monoisotopic (exact) mass is 335 g/mol. The van der Waals surface area contributed by atoms with Crippen LogP contribution in [0.2, 0.25) is 0 Å². The van der Waals surface area contributed by atoms with E-state index >= 15 is 0 Å². The molecular weight excluding hydrogens is 302 g/mol. The van der Waals surface area contributed by atoms with Gasteiger partial charge in [0, 0.05) is 6.54 Å². The summed E-state index contributed by atoms with van der Waals surface area (Å²) >= 11 is 0. The first kappa shape index (κ1) is 19.2. The van der Waals surface area contributed by atoms with Crippen molar-refractivity contribution in [2.24, 2.45) is 0 Å². The molecule has 2 atom stereocenters. The Morgan fingerprint density at radius 2 is 1.96 bits per heavy atom. The molecule has 4 nitrogen and oxygen atoms in total. The highest BCUT2D eigenvalue weighted by Gasteiger charge is 2.19. The first-order chi connectivity index (χ1) is 11.7. The Morgan fingerprint density at radius 1 is 1.21 bits per heavy atom. The standard InChI is InChI=1S/C20H33NO3/c1-4-9-19-18(10-8-11-20(19)23-5-2)16(3)24-15-17(22)14-21-12-6-7-13-21/h8,10-11,16-17,22H,4-7,9,12-15H2,1-3H3. The van der Waals surface area contributed by atoms with E-state index in [0.717, 1.165) is 31.7 Å². The van der Waals surface area contributed by atoms with Crippen LogP contribution in [0, 0.1) is 0 Å². The minimum atomic E-state index is -0.421. The van der Waals surface area contributed by atoms with Crippen LogP contribution in [0.5, 0.6) is 5.75 Å². The Labute approximate surface area is 146 Å². The van der Waals surface area contributed by atoms with E-state index in [4.69, 9.17) is 9.47 Å². The second-order valence-electron chi connectivity index (χ2n) is 6.64. The summed E-state index contributed by atoms with van der Waals surface area (Å²) in [6.07, 6.45) is 4.08. The molecule has 0 radical (unpaired) electrons. The van der Waals surface area contributed by atoms with Gasteiger partial charge in [0.1, 0.15) is 5.75 Å². The van der Waals surface area contributed by atoms with Crippen molar-refractivity contribution >= 4 is 0 Å². The van der Waals surface area contributed by atoms with Crippen LogP contribution in [0.25, 0.3) is 0 Å². The van der Waals surface area contributed by atoms with Crippen LogP contribution >= 0.6 is 0 Å². The average Bonchev–Trinajstić information content (AvgIpc) is 3.07. The van der Waals surface area contributed by atoms with Gasteiger partial charge >= 0.3 is 0 Å². The Kier molecular flexibility index (Phi) is 8.03. The van der Waals surface area contributed by atoms with Gasteiger partial charge in [-0.2, -0.15) is 0 Å². The van der Waals surface area contributed by atoms with E-state index in [2.05, 4.69) is 24.8 Å². The highest BCUT2D eigenvalue weighted by Crippen LogP contribution is 2.30. The van der Waals surface area contributed by atoms with Gasteiger partial charge in [-0.1, -0.05) is 25.5 Å². The smallest absolute Gasteiger partial charge is 0.122 e. The summed E-state index contributed by atoms with van der Waals surface area (Å²) in [6, 6.07) is 6.18. The SMILES string of the molecule is CCCc1c(OCC)cccc1C(C)OCC(O)CN1CCCC1. The van der Waals surface area contributed by atoms with E-state index in [9.17, 15) is 5.11 Å². The third-order valence-corrected chi connectivity index (χ3v) is 4.61. The van der Waals surface area contributed by atoms with Gasteiger partial charge in [0.2, 0.25) is 0 Å². The molecule has 1 N–H and O–H groups in total. The summed E-state index contributed by atoms with van der Waals surface area (Å²) in [4.78, 5) is 2.32. The maximum atomic E-state index is 10.2. The predicted octanol–water partition coefficient (Wildman–Crippen LogP) is 3.57. The molecule has 0 amide bonds. The Morgan fingerprint density at radius 3 is 2.62 bits per heavy atom. The molecule has 0 saturated carbocycles. The number of nitrogens with zero attached hydrogens (tertiary/aromatic N) is 1. The zero-order valence-corrected chi connectivity index (χ0v) is 15.5. The van der Waals surface area contributed by atoms with Crippen molar-refractivity contribution in [2.75, 3.05) is 32.8 Å². The van der Waals surface area contributed by atoms with E-state index < -0.39 is 6.10 Å². The van der Waals surface area contributed by atoms with Crippen molar-refractivity contribution in [3.05, 3.63) is 29.3 Å². The molecule has 2 unspecified atom stereocenters. The number of rotatable bonds is 10. The zero-order chi connectivity index (χ0) is 17.4. The summed E-state index contributed by atoms with van der Waals surface area (Å²) in [5, 5.41) is 10.2. The molecule has 2 rings (SSSR count). The van der Waals surface area contributed by atoms with Crippen molar-refractivity contribution < 1.29 is 14.6 Å². The molecule has 1 aromatic carbocycles. The summed E-state index contributed by atoms with van der Waals surface area (Å²) in [7, 11) is 0. The van der Waals surface area contributed by atoms with Gasteiger partial charge in [-0.05, 0) is 63.4 Å². The first-order valence-electron chi connectivity index (χ1n) is 9.42. The van der Waals surface area contributed by atoms with Crippen LogP contribution in [0.1, 0.15) is 57.3 Å². The van der Waals surface area contributed by atoms with Crippen LogP contribution in [0.4, 0.5) is 0 Å². The number of likely N-dealkylation sites (tertiary alicyclic amines) is 1. The molecule has 0 aromatic heterocycles. The van der Waals surface area contributed by atoms with E-state index in [1.165, 1.54) is 24.0 Å². The highest BCUT2D eigenvalue weighted by atomic mass is 16.5. The summed E-state index contributed by atoms with van der Waals surface area (Å²) in [6.45, 7) is 10.2. The highest BCUT2D eigenvalue weighted by molar-refractivity contribution is 5.41. The lowest BCUT2D eigenvalue weighted by Crippen LogP contribution is -2.33. The predicted molar refractivity (Wildman–Crippen MR) is 97.7 cm³/mol. The van der Waals surface area contributed by atoms with E-state index in [1.807, 2.05) is 19.1 Å². The van der Waals surface area contributed by atoms with Gasteiger partial charge < -0.3 is 19.5 Å². The molecule has 24 heavy (non-hydrogen) atoms. The number of ether oxygens (including phenoxy) is 2. The first-order valence-corrected chi connectivity index (χ1v) is 9.42. The van der Waals surface area contributed by atoms with Crippen LogP contribution in [0.15, 0.2) is 18.2 Å². The van der Waals surface area contributed by atoms with Crippen molar-refractivity contribution in [2.45, 2.75) is 58.7 Å². The lowest BCUT2D eigenvalue weighted by molar-refractivity contribution is -0.0136. The minimum absolute atomic E-state index is 0.0415. The average molecular weight is 335 g/mol. The van der Waals surface area contributed by atoms with Crippen molar-refractivity contribution in [1.82, 2.24) is 4.90 Å². The number of benzene rings is 1. The normalized spacial score (nSPS) is 17.8. The second kappa shape index (κ2) is 10.0. The zero-order valence-electron chi connectivity index (χ0n) is 15.5. The molecule has 1 aliphatic heterocycles. The van der Waals surface area contributed by atoms with E-state index in [1.54, 1.807) is 0 Å². The topological polar surface area (TPSA) is 41.9 Å². The van der Waals surface area contributed by atoms with Crippen LogP contribution in [-0.2, 0) is 11.2 Å². The molecule has 1 aromatic rings. The number of aliphatic hydroxyl groups is 1. The summed E-state index contributed by atoms with van der Waals surface area (Å²) in [5.41, 5.74) is 2.42. The quantitative estimate of drug-likeness (QED) is 0.710. The Bertz CT molecular complexity index is 486. The molecule has 4 heteroatoms. The molecule has 136 valence electrons.